The van der Waals surface area contributed by atoms with Gasteiger partial charge in [-0.1, -0.05) is 77.3 Å². The molecule has 6 bridgehead atoms. The number of nitrogens with one attached hydrogen (secondary N) is 2. The Hall–Kier alpha value is -5.84. The third kappa shape index (κ3) is 10.7. The van der Waals surface area contributed by atoms with E-state index in [1.54, 1.807) is 27.2 Å². The first-order chi connectivity index (χ1) is 32.7. The van der Waals surface area contributed by atoms with Gasteiger partial charge in [-0.15, -0.1) is 0 Å². The molecule has 14 nitrogen and oxygen atoms in total. The van der Waals surface area contributed by atoms with E-state index in [1.165, 1.54) is 12.1 Å². The van der Waals surface area contributed by atoms with Crippen LogP contribution in [0.4, 0.5) is 8.78 Å². The molecule has 0 radical (unpaired) electrons. The fourth-order valence-electron chi connectivity index (χ4n) is 10.1. The van der Waals surface area contributed by atoms with Crippen LogP contribution in [0.25, 0.3) is 27.6 Å². The maximum Gasteiger partial charge on any atom is 0.265 e. The van der Waals surface area contributed by atoms with Crippen LogP contribution in [-0.2, 0) is 52.8 Å². The van der Waals surface area contributed by atoms with E-state index >= 15 is 8.78 Å². The number of benzene rings is 2. The predicted octanol–water partition coefficient (Wildman–Crippen LogP) is 6.60. The molecule has 0 unspecified atom stereocenters. The summed E-state index contributed by atoms with van der Waals surface area (Å²) in [5, 5.41) is 5.25. The molecule has 3 aromatic rings. The molecule has 6 rings (SSSR count). The van der Waals surface area contributed by atoms with Crippen LogP contribution in [0.15, 0.2) is 78.5 Å². The van der Waals surface area contributed by atoms with Gasteiger partial charge in [0.2, 0.25) is 17.5 Å². The fraction of sp³-hybridized carbons (Fsp3) is 0.509. The number of aryl methyl sites for hydroxylation is 1. The molecule has 3 aliphatic heterocycles. The number of aromatic nitrogens is 1. The SMILES string of the molecule is C=CC(=O)N1C[C@H](F)[C@](F)(C(=O)N(C)[C@H](C(=O)N[C@H]2Cc3cccc(c3)-c3ccc4c(c3)c(c(/C(C=C)=C(/N=CC)[C@H](C)OC)n4CC)CC(C)(C)COC[C@@]3(C=O)CCCN(N3)C2=O)C(C)C)C1. The van der Waals surface area contributed by atoms with E-state index in [9.17, 15) is 24.0 Å². The molecule has 3 aliphatic rings. The number of likely N-dealkylation sites (N-methyl/N-ethyl adjacent to an activating group) is 1. The number of likely N-dealkylation sites (tertiary alicyclic amines) is 1. The Labute approximate surface area is 404 Å². The number of rotatable bonds is 13. The Morgan fingerprint density at radius 3 is 2.46 bits per heavy atom. The molecule has 4 heterocycles. The number of hydrogen-bond donors (Lipinski definition) is 2. The van der Waals surface area contributed by atoms with Crippen LogP contribution < -0.4 is 10.7 Å². The lowest BCUT2D eigenvalue weighted by atomic mass is 9.83. The minimum Gasteiger partial charge on any atom is -0.378 e. The normalized spacial score (nSPS) is 24.4. The number of hydrazine groups is 1. The highest BCUT2D eigenvalue weighted by Gasteiger charge is 2.57. The van der Waals surface area contributed by atoms with Gasteiger partial charge in [0.15, 0.2) is 6.17 Å². The summed E-state index contributed by atoms with van der Waals surface area (Å²) in [6.45, 7) is 20.7. The lowest BCUT2D eigenvalue weighted by Gasteiger charge is -2.42. The van der Waals surface area contributed by atoms with Crippen molar-refractivity contribution in [3.63, 3.8) is 0 Å². The lowest BCUT2D eigenvalue weighted by Crippen LogP contribution is -2.67. The van der Waals surface area contributed by atoms with E-state index in [2.05, 4.69) is 67.4 Å². The molecule has 2 N–H and O–H groups in total. The molecule has 0 spiro atoms. The van der Waals surface area contributed by atoms with Gasteiger partial charge in [0, 0.05) is 56.4 Å². The number of alkyl halides is 2. The number of aldehydes is 1. The van der Waals surface area contributed by atoms with Gasteiger partial charge in [-0.25, -0.2) is 14.2 Å². The van der Waals surface area contributed by atoms with E-state index in [0.29, 0.717) is 31.4 Å². The smallest absolute Gasteiger partial charge is 0.265 e. The van der Waals surface area contributed by atoms with Crippen LogP contribution in [0.3, 0.4) is 0 Å². The Balaban J connectivity index is 1.47. The maximum atomic E-state index is 16.4. The highest BCUT2D eigenvalue weighted by Crippen LogP contribution is 2.41. The molecule has 4 amide bonds. The zero-order chi connectivity index (χ0) is 50.6. The highest BCUT2D eigenvalue weighted by atomic mass is 19.2. The lowest BCUT2D eigenvalue weighted by molar-refractivity contribution is -0.153. The Bertz CT molecular complexity index is 2530. The topological polar surface area (TPSA) is 155 Å². The van der Waals surface area contributed by atoms with Gasteiger partial charge in [-0.05, 0) is 91.8 Å². The summed E-state index contributed by atoms with van der Waals surface area (Å²) in [7, 11) is 2.87. The number of aliphatic imine (C=N–C) groups is 1. The number of halogens is 2. The van der Waals surface area contributed by atoms with Crippen molar-refractivity contribution in [2.24, 2.45) is 16.3 Å². The number of allylic oxidation sites excluding steroid dienone is 2. The second-order valence-electron chi connectivity index (χ2n) is 19.7. The van der Waals surface area contributed by atoms with Crippen LogP contribution >= 0.6 is 0 Å². The van der Waals surface area contributed by atoms with Gasteiger partial charge in [0.05, 0.1) is 43.8 Å². The van der Waals surface area contributed by atoms with Crippen LogP contribution in [0.1, 0.15) is 78.1 Å². The monoisotopic (exact) mass is 954 g/mol. The summed E-state index contributed by atoms with van der Waals surface area (Å²) in [4.78, 5) is 75.1. The highest BCUT2D eigenvalue weighted by molar-refractivity contribution is 5.97. The number of ether oxygens (including phenoxy) is 2. The number of carbonyl (C=O) groups excluding carboxylic acids is 5. The van der Waals surface area contributed by atoms with Gasteiger partial charge in [0.1, 0.15) is 23.9 Å². The summed E-state index contributed by atoms with van der Waals surface area (Å²) < 4.78 is 46.3. The third-order valence-corrected chi connectivity index (χ3v) is 13.7. The van der Waals surface area contributed by atoms with Crippen molar-refractivity contribution in [1.29, 1.82) is 0 Å². The van der Waals surface area contributed by atoms with E-state index < -0.39 is 77.5 Å². The first kappa shape index (κ1) is 52.5. The minimum absolute atomic E-state index is 0.00811. The van der Waals surface area contributed by atoms with Crippen LogP contribution in [-0.4, -0.2) is 138 Å². The number of fused-ring (bicyclic) bond motifs is 6. The molecule has 2 fully saturated rings. The van der Waals surface area contributed by atoms with Crippen molar-refractivity contribution in [1.82, 2.24) is 30.1 Å². The molecule has 1 aromatic heterocycles. The molecule has 2 saturated heterocycles. The minimum atomic E-state index is -3.12. The average Bonchev–Trinajstić information content (AvgIpc) is 3.81. The van der Waals surface area contributed by atoms with Crippen molar-refractivity contribution in [3.05, 3.63) is 90.3 Å². The number of amides is 4. The standard InChI is InChI=1S/C53H69F2N7O7/c1-12-38(45(56-14-3)34(7)68-11)47-40-27-51(8,9)31-69-32-52(30-63)22-17-23-62(58-52)49(66)41(25-35-18-16-19-36(24-35)37-20-21-42(39(40)26-37)61(47)15-4)57-48(65)46(33(5)6)59(10)50(67)53(55)29-60(28-43(53)54)44(64)13-2/h12-14,16,18-21,24,26,30,33-34,41,43,46,58H,1-2,15,17,22-23,25,27-29,31-32H2,3-11H3,(H,57,65)/b45-38+,56-14?/t34-,41-,43-,46-,52-,53-/m0/s1. The van der Waals surface area contributed by atoms with E-state index in [-0.39, 0.29) is 32.3 Å². The van der Waals surface area contributed by atoms with Crippen LogP contribution in [0, 0.1) is 11.3 Å². The van der Waals surface area contributed by atoms with Gasteiger partial charge in [-0.2, -0.15) is 0 Å². The third-order valence-electron chi connectivity index (χ3n) is 13.7. The second kappa shape index (κ2) is 21.4. The summed E-state index contributed by atoms with van der Waals surface area (Å²) in [5.41, 5.74) is 5.39. The van der Waals surface area contributed by atoms with Crippen LogP contribution in [0.5, 0.6) is 0 Å². The zero-order valence-corrected chi connectivity index (χ0v) is 41.6. The number of carbonyl (C=O) groups is 5. The van der Waals surface area contributed by atoms with Crippen molar-refractivity contribution in [2.45, 2.75) is 116 Å². The molecule has 16 heteroatoms. The summed E-state index contributed by atoms with van der Waals surface area (Å²) in [5.74, 6) is -3.97. The summed E-state index contributed by atoms with van der Waals surface area (Å²) >= 11 is 0. The molecule has 0 saturated carbocycles. The van der Waals surface area contributed by atoms with Gasteiger partial charge < -0.3 is 34.0 Å². The molecular weight excluding hydrogens is 885 g/mol. The van der Waals surface area contributed by atoms with Crippen LogP contribution in [0.2, 0.25) is 0 Å². The van der Waals surface area contributed by atoms with Gasteiger partial charge in [0.25, 0.3) is 11.8 Å². The van der Waals surface area contributed by atoms with Gasteiger partial charge >= 0.3 is 0 Å². The Morgan fingerprint density at radius 2 is 1.83 bits per heavy atom. The molecule has 69 heavy (non-hydrogen) atoms. The first-order valence-electron chi connectivity index (χ1n) is 23.8. The fourth-order valence-corrected chi connectivity index (χ4v) is 10.1. The molecule has 372 valence electrons. The van der Waals surface area contributed by atoms with Crippen molar-refractivity contribution >= 4 is 52.6 Å². The largest absolute Gasteiger partial charge is 0.378 e. The first-order valence-corrected chi connectivity index (χ1v) is 23.8. The molecule has 0 aliphatic carbocycles. The van der Waals surface area contributed by atoms with Crippen molar-refractivity contribution in [2.75, 3.05) is 47.0 Å². The average molecular weight is 954 g/mol. The summed E-state index contributed by atoms with van der Waals surface area (Å²) in [6, 6.07) is 11.4. The van der Waals surface area contributed by atoms with Crippen molar-refractivity contribution in [3.8, 4) is 11.1 Å². The second-order valence-corrected chi connectivity index (χ2v) is 19.7. The van der Waals surface area contributed by atoms with E-state index in [4.69, 9.17) is 14.5 Å². The Kier molecular flexibility index (Phi) is 16.3. The zero-order valence-electron chi connectivity index (χ0n) is 41.6. The summed E-state index contributed by atoms with van der Waals surface area (Å²) in [6.07, 6.45) is 3.98. The molecular formula is C53H69F2N7O7. The Morgan fingerprint density at radius 1 is 1.10 bits per heavy atom. The van der Waals surface area contributed by atoms with Crippen molar-refractivity contribution < 1.29 is 42.2 Å². The maximum absolute atomic E-state index is 16.4. The predicted molar refractivity (Wildman–Crippen MR) is 265 cm³/mol. The number of hydrogen-bond acceptors (Lipinski definition) is 9. The van der Waals surface area contributed by atoms with E-state index in [0.717, 1.165) is 66.7 Å². The molecule has 2 aromatic carbocycles. The molecule has 6 atom stereocenters. The number of methoxy groups -OCH3 is 1. The number of nitrogens with zero attached hydrogens (tertiary/aromatic N) is 5. The quantitative estimate of drug-likeness (QED) is 0.0842. The van der Waals surface area contributed by atoms with E-state index in [1.807, 2.05) is 44.2 Å². The van der Waals surface area contributed by atoms with Gasteiger partial charge in [-0.3, -0.25) is 29.2 Å².